The topological polar surface area (TPSA) is 131 Å². The first kappa shape index (κ1) is 13.1. The quantitative estimate of drug-likeness (QED) is 0.433. The highest BCUT2D eigenvalue weighted by Gasteiger charge is 2.55. The van der Waals surface area contributed by atoms with Crippen LogP contribution >= 0.6 is 0 Å². The molecular formula is C10H12FN5O4. The van der Waals surface area contributed by atoms with Gasteiger partial charge in [0, 0.05) is 6.42 Å². The number of aliphatic imine (C=N–C) groups is 2. The maximum Gasteiger partial charge on any atom is 0.338 e. The number of amidine groups is 1. The first-order valence-electron chi connectivity index (χ1n) is 5.92. The van der Waals surface area contributed by atoms with Gasteiger partial charge in [-0.15, -0.1) is 0 Å². The number of aliphatic hydroxyl groups excluding tert-OH is 2. The Morgan fingerprint density at radius 3 is 3.10 bits per heavy atom. The third kappa shape index (κ3) is 1.72. The Morgan fingerprint density at radius 2 is 2.45 bits per heavy atom. The van der Waals surface area contributed by atoms with Crippen molar-refractivity contribution in [3.8, 4) is 0 Å². The van der Waals surface area contributed by atoms with E-state index < -0.39 is 36.1 Å². The molecule has 1 saturated heterocycles. The molecule has 3 aliphatic rings. The molecule has 9 nitrogen and oxygen atoms in total. The van der Waals surface area contributed by atoms with E-state index in [2.05, 4.69) is 9.98 Å². The lowest BCUT2D eigenvalue weighted by Gasteiger charge is -2.28. The lowest BCUT2D eigenvalue weighted by atomic mass is 10.1. The number of nitrogens with one attached hydrogen (secondary N) is 2. The molecule has 108 valence electrons. The molecule has 0 aromatic carbocycles. The second-order valence-corrected chi connectivity index (χ2v) is 4.63. The summed E-state index contributed by atoms with van der Waals surface area (Å²) in [6.07, 6.45) is -1.36. The molecule has 3 heterocycles. The molecule has 0 aliphatic carbocycles. The highest BCUT2D eigenvalue weighted by atomic mass is 19.1. The molecule has 3 aliphatic heterocycles. The minimum absolute atomic E-state index is 0.0985. The van der Waals surface area contributed by atoms with Crippen LogP contribution in [0.2, 0.25) is 0 Å². The Labute approximate surface area is 112 Å². The molecule has 1 unspecified atom stereocenters. The summed E-state index contributed by atoms with van der Waals surface area (Å²) in [5.41, 5.74) is 0. The lowest BCUT2D eigenvalue weighted by molar-refractivity contribution is -0.127. The van der Waals surface area contributed by atoms with Crippen LogP contribution in [0.15, 0.2) is 9.98 Å². The van der Waals surface area contributed by atoms with Crippen LogP contribution in [0.5, 0.6) is 0 Å². The SMILES string of the molecule is N=C1N=C2N([C@H]3C[C@H](O)[C@@H](CO)O3)C=NC2(F)C(=O)N1. The molecule has 10 heteroatoms. The van der Waals surface area contributed by atoms with Gasteiger partial charge in [0.25, 0.3) is 5.91 Å². The van der Waals surface area contributed by atoms with Crippen molar-refractivity contribution in [1.29, 1.82) is 5.41 Å². The summed E-state index contributed by atoms with van der Waals surface area (Å²) in [7, 11) is 0. The zero-order chi connectivity index (χ0) is 14.5. The van der Waals surface area contributed by atoms with E-state index in [0.29, 0.717) is 0 Å². The van der Waals surface area contributed by atoms with Gasteiger partial charge < -0.3 is 14.9 Å². The average Bonchev–Trinajstić information content (AvgIpc) is 2.91. The number of carbonyl (C=O) groups is 1. The summed E-state index contributed by atoms with van der Waals surface area (Å²) < 4.78 is 19.8. The number of rotatable bonds is 2. The molecule has 0 bridgehead atoms. The van der Waals surface area contributed by atoms with E-state index in [1.807, 2.05) is 5.32 Å². The fourth-order valence-electron chi connectivity index (χ4n) is 2.30. The first-order chi connectivity index (χ1) is 9.45. The number of guanidine groups is 1. The second-order valence-electron chi connectivity index (χ2n) is 4.63. The van der Waals surface area contributed by atoms with Gasteiger partial charge in [-0.2, -0.15) is 9.38 Å². The minimum Gasteiger partial charge on any atom is -0.394 e. The van der Waals surface area contributed by atoms with Crippen LogP contribution in [-0.2, 0) is 9.53 Å². The number of halogens is 1. The third-order valence-electron chi connectivity index (χ3n) is 3.35. The van der Waals surface area contributed by atoms with E-state index >= 15 is 0 Å². The van der Waals surface area contributed by atoms with Crippen molar-refractivity contribution >= 4 is 24.0 Å². The van der Waals surface area contributed by atoms with E-state index in [1.54, 1.807) is 0 Å². The Bertz CT molecular complexity index is 538. The summed E-state index contributed by atoms with van der Waals surface area (Å²) in [5, 5.41) is 28.0. The summed E-state index contributed by atoms with van der Waals surface area (Å²) in [6, 6.07) is 0. The zero-order valence-corrected chi connectivity index (χ0v) is 10.2. The van der Waals surface area contributed by atoms with Crippen LogP contribution < -0.4 is 5.32 Å². The van der Waals surface area contributed by atoms with Gasteiger partial charge >= 0.3 is 5.79 Å². The second kappa shape index (κ2) is 4.30. The van der Waals surface area contributed by atoms with Crippen molar-refractivity contribution in [2.24, 2.45) is 9.98 Å². The van der Waals surface area contributed by atoms with Gasteiger partial charge in [0.05, 0.1) is 19.0 Å². The van der Waals surface area contributed by atoms with Crippen LogP contribution in [0, 0.1) is 5.41 Å². The number of nitrogens with zero attached hydrogens (tertiary/aromatic N) is 3. The number of hydrogen-bond donors (Lipinski definition) is 4. The number of ether oxygens (including phenoxy) is 1. The smallest absolute Gasteiger partial charge is 0.338 e. The van der Waals surface area contributed by atoms with E-state index in [-0.39, 0.29) is 18.9 Å². The molecule has 1 fully saturated rings. The highest BCUT2D eigenvalue weighted by Crippen LogP contribution is 2.31. The normalized spacial score (nSPS) is 39.9. The Balaban J connectivity index is 1.88. The fraction of sp³-hybridized carbons (Fsp3) is 0.600. The summed E-state index contributed by atoms with van der Waals surface area (Å²) >= 11 is 0. The van der Waals surface area contributed by atoms with Crippen LogP contribution in [0.3, 0.4) is 0 Å². The maximum absolute atomic E-state index is 14.5. The minimum atomic E-state index is -2.68. The molecular weight excluding hydrogens is 273 g/mol. The van der Waals surface area contributed by atoms with Gasteiger partial charge in [-0.3, -0.25) is 20.4 Å². The van der Waals surface area contributed by atoms with Gasteiger partial charge in [-0.1, -0.05) is 0 Å². The van der Waals surface area contributed by atoms with Crippen molar-refractivity contribution in [2.45, 2.75) is 30.6 Å². The van der Waals surface area contributed by atoms with E-state index in [9.17, 15) is 14.3 Å². The molecule has 20 heavy (non-hydrogen) atoms. The van der Waals surface area contributed by atoms with Gasteiger partial charge in [0.1, 0.15) is 12.3 Å². The standard InChI is InChI=1S/C10H12FN5O4/c11-10-7(14-9(12)15-8(10)19)16(3-13-10)6-1-4(18)5(2-17)20-6/h3-6,17-18H,1-2H2,(H2,12,15,19)/t4-,5+,6+,10?/m0/s1. The lowest BCUT2D eigenvalue weighted by Crippen LogP contribution is -2.56. The van der Waals surface area contributed by atoms with Gasteiger partial charge in [-0.25, -0.2) is 4.99 Å². The van der Waals surface area contributed by atoms with E-state index in [1.165, 1.54) is 0 Å². The maximum atomic E-state index is 14.5. The predicted octanol–water partition coefficient (Wildman–Crippen LogP) is -2.07. The van der Waals surface area contributed by atoms with Gasteiger partial charge in [0.15, 0.2) is 5.84 Å². The first-order valence-corrected chi connectivity index (χ1v) is 5.92. The molecule has 3 rings (SSSR count). The number of fused-ring (bicyclic) bond motifs is 1. The predicted molar refractivity (Wildman–Crippen MR) is 63.8 cm³/mol. The van der Waals surface area contributed by atoms with Gasteiger partial charge in [0.2, 0.25) is 5.96 Å². The Hall–Kier alpha value is -1.91. The molecule has 0 radical (unpaired) electrons. The summed E-state index contributed by atoms with van der Waals surface area (Å²) in [4.78, 5) is 19.8. The number of carbonyl (C=O) groups excluding carboxylic acids is 1. The van der Waals surface area contributed by atoms with Crippen LogP contribution in [0.1, 0.15) is 6.42 Å². The van der Waals surface area contributed by atoms with Crippen molar-refractivity contribution in [1.82, 2.24) is 10.2 Å². The van der Waals surface area contributed by atoms with Crippen LogP contribution in [0.25, 0.3) is 0 Å². The molecule has 0 aromatic rings. The van der Waals surface area contributed by atoms with Gasteiger partial charge in [-0.05, 0) is 0 Å². The van der Waals surface area contributed by atoms with Crippen LogP contribution in [-0.4, -0.2) is 70.0 Å². The highest BCUT2D eigenvalue weighted by molar-refractivity contribution is 6.25. The number of amides is 1. The molecule has 1 amide bonds. The van der Waals surface area contributed by atoms with Crippen LogP contribution in [0.4, 0.5) is 4.39 Å². The summed E-state index contributed by atoms with van der Waals surface area (Å²) in [6.45, 7) is -0.383. The van der Waals surface area contributed by atoms with Crippen molar-refractivity contribution < 1.29 is 24.1 Å². The molecule has 0 spiro atoms. The van der Waals surface area contributed by atoms with E-state index in [0.717, 1.165) is 11.2 Å². The monoisotopic (exact) mass is 285 g/mol. The van der Waals surface area contributed by atoms with E-state index in [4.69, 9.17) is 15.3 Å². The third-order valence-corrected chi connectivity index (χ3v) is 3.35. The molecule has 0 saturated carbocycles. The molecule has 4 atom stereocenters. The molecule has 4 N–H and O–H groups in total. The fourth-order valence-corrected chi connectivity index (χ4v) is 2.30. The summed E-state index contributed by atoms with van der Waals surface area (Å²) in [5.74, 6) is -4.65. The van der Waals surface area contributed by atoms with Crippen molar-refractivity contribution in [2.75, 3.05) is 6.61 Å². The van der Waals surface area contributed by atoms with Crippen molar-refractivity contribution in [3.05, 3.63) is 0 Å². The van der Waals surface area contributed by atoms with Crippen molar-refractivity contribution in [3.63, 3.8) is 0 Å². The Kier molecular flexibility index (Phi) is 2.81. The number of aliphatic hydroxyl groups is 2. The average molecular weight is 285 g/mol. The largest absolute Gasteiger partial charge is 0.394 e. The number of alkyl halides is 1. The molecule has 0 aromatic heterocycles. The Morgan fingerprint density at radius 1 is 1.70 bits per heavy atom. The zero-order valence-electron chi connectivity index (χ0n) is 10.2. The number of hydrogen-bond acceptors (Lipinski definition) is 7.